The molecule has 1 atom stereocenters. The van der Waals surface area contributed by atoms with E-state index in [-0.39, 0.29) is 16.9 Å². The van der Waals surface area contributed by atoms with E-state index in [1.807, 2.05) is 13.1 Å². The Morgan fingerprint density at radius 2 is 2.05 bits per heavy atom. The van der Waals surface area contributed by atoms with Crippen LogP contribution in [0, 0.1) is 5.82 Å². The van der Waals surface area contributed by atoms with Gasteiger partial charge >= 0.3 is 0 Å². The Balaban J connectivity index is 1.87. The minimum absolute atomic E-state index is 0.0928. The molecule has 0 aromatic heterocycles. The number of ether oxygens (including phenoxy) is 1. The zero-order valence-electron chi connectivity index (χ0n) is 11.8. The topological polar surface area (TPSA) is 21.3 Å². The van der Waals surface area contributed by atoms with Crippen LogP contribution in [0.2, 0.25) is 5.02 Å². The number of benzene rings is 2. The minimum Gasteiger partial charge on any atom is -0.372 e. The number of hydrogen-bond acceptors (Lipinski definition) is 2. The van der Waals surface area contributed by atoms with E-state index >= 15 is 0 Å². The van der Waals surface area contributed by atoms with Gasteiger partial charge < -0.3 is 10.1 Å². The molecule has 21 heavy (non-hydrogen) atoms. The first kappa shape index (κ1) is 14.5. The van der Waals surface area contributed by atoms with Gasteiger partial charge in [-0.1, -0.05) is 41.9 Å². The van der Waals surface area contributed by atoms with Crippen molar-refractivity contribution in [2.45, 2.75) is 25.7 Å². The van der Waals surface area contributed by atoms with Gasteiger partial charge in [0, 0.05) is 6.04 Å². The molecule has 0 saturated heterocycles. The van der Waals surface area contributed by atoms with E-state index < -0.39 is 0 Å². The summed E-state index contributed by atoms with van der Waals surface area (Å²) in [5.41, 5.74) is 4.46. The smallest absolute Gasteiger partial charge is 0.142 e. The highest BCUT2D eigenvalue weighted by Gasteiger charge is 2.17. The third-order valence-electron chi connectivity index (χ3n) is 3.95. The maximum absolute atomic E-state index is 13.5. The van der Waals surface area contributed by atoms with E-state index in [1.165, 1.54) is 22.8 Å². The predicted octanol–water partition coefficient (Wildman–Crippen LogP) is 4.01. The van der Waals surface area contributed by atoms with Crippen molar-refractivity contribution in [3.8, 4) is 0 Å². The summed E-state index contributed by atoms with van der Waals surface area (Å²) in [7, 11) is 1.90. The van der Waals surface area contributed by atoms with Crippen molar-refractivity contribution in [2.24, 2.45) is 0 Å². The molecule has 1 unspecified atom stereocenters. The molecule has 1 heterocycles. The maximum atomic E-state index is 13.5. The summed E-state index contributed by atoms with van der Waals surface area (Å²) >= 11 is 6.05. The first-order chi connectivity index (χ1) is 10.2. The fourth-order valence-corrected chi connectivity index (χ4v) is 2.92. The van der Waals surface area contributed by atoms with Crippen molar-refractivity contribution in [2.75, 3.05) is 7.05 Å². The number of nitrogens with one attached hydrogen (secondary N) is 1. The third-order valence-corrected chi connectivity index (χ3v) is 4.38. The van der Waals surface area contributed by atoms with Crippen LogP contribution in [0.5, 0.6) is 0 Å². The summed E-state index contributed by atoms with van der Waals surface area (Å²) in [6, 6.07) is 11.4. The summed E-state index contributed by atoms with van der Waals surface area (Å²) in [4.78, 5) is 0. The molecule has 0 saturated carbocycles. The van der Waals surface area contributed by atoms with Crippen LogP contribution >= 0.6 is 11.6 Å². The fraction of sp³-hybridized carbons (Fsp3) is 0.294. The first-order valence-corrected chi connectivity index (χ1v) is 7.36. The van der Waals surface area contributed by atoms with Gasteiger partial charge in [-0.3, -0.25) is 0 Å². The molecule has 2 aromatic carbocycles. The molecule has 2 aromatic rings. The lowest BCUT2D eigenvalue weighted by Crippen LogP contribution is -2.19. The summed E-state index contributed by atoms with van der Waals surface area (Å²) in [6.07, 6.45) is 0.646. The SMILES string of the molecule is CNC(Cc1cccc(F)c1Cl)c1ccc2c(c1)COC2. The van der Waals surface area contributed by atoms with Crippen LogP contribution in [0.3, 0.4) is 0 Å². The predicted molar refractivity (Wildman–Crippen MR) is 81.8 cm³/mol. The molecule has 0 aliphatic carbocycles. The Morgan fingerprint density at radius 1 is 1.24 bits per heavy atom. The van der Waals surface area contributed by atoms with Crippen LogP contribution in [0.15, 0.2) is 36.4 Å². The van der Waals surface area contributed by atoms with Crippen molar-refractivity contribution in [1.29, 1.82) is 0 Å². The van der Waals surface area contributed by atoms with Gasteiger partial charge in [-0.2, -0.15) is 0 Å². The Morgan fingerprint density at radius 3 is 2.86 bits per heavy atom. The molecule has 0 amide bonds. The molecule has 2 nitrogen and oxygen atoms in total. The normalized spacial score (nSPS) is 15.0. The second-order valence-electron chi connectivity index (χ2n) is 5.28. The first-order valence-electron chi connectivity index (χ1n) is 6.98. The Hall–Kier alpha value is -1.42. The second kappa shape index (κ2) is 6.14. The summed E-state index contributed by atoms with van der Waals surface area (Å²) in [5.74, 6) is -0.369. The Kier molecular flexibility index (Phi) is 4.24. The summed E-state index contributed by atoms with van der Waals surface area (Å²) < 4.78 is 19.0. The van der Waals surface area contributed by atoms with Crippen LogP contribution in [-0.4, -0.2) is 7.05 Å². The molecule has 0 fully saturated rings. The molecule has 0 bridgehead atoms. The van der Waals surface area contributed by atoms with Gasteiger partial charge in [0.1, 0.15) is 5.82 Å². The highest BCUT2D eigenvalue weighted by Crippen LogP contribution is 2.28. The van der Waals surface area contributed by atoms with Gasteiger partial charge in [0.15, 0.2) is 0 Å². The largest absolute Gasteiger partial charge is 0.372 e. The van der Waals surface area contributed by atoms with E-state index in [1.54, 1.807) is 6.07 Å². The zero-order valence-corrected chi connectivity index (χ0v) is 12.6. The average Bonchev–Trinajstić information content (AvgIpc) is 2.96. The molecule has 0 radical (unpaired) electrons. The van der Waals surface area contributed by atoms with Crippen LogP contribution in [-0.2, 0) is 24.4 Å². The van der Waals surface area contributed by atoms with Crippen LogP contribution in [0.25, 0.3) is 0 Å². The van der Waals surface area contributed by atoms with Gasteiger partial charge in [0.25, 0.3) is 0 Å². The number of fused-ring (bicyclic) bond motifs is 1. The quantitative estimate of drug-likeness (QED) is 0.921. The van der Waals surface area contributed by atoms with E-state index in [9.17, 15) is 4.39 Å². The van der Waals surface area contributed by atoms with Crippen molar-refractivity contribution < 1.29 is 9.13 Å². The van der Waals surface area contributed by atoms with Crippen LogP contribution in [0.1, 0.15) is 28.3 Å². The maximum Gasteiger partial charge on any atom is 0.142 e. The standard InChI is InChI=1S/C17H17ClFNO/c1-20-16(8-12-3-2-4-15(19)17(12)18)11-5-6-13-9-21-10-14(13)7-11/h2-7,16,20H,8-10H2,1H3. The Bertz CT molecular complexity index is 659. The van der Waals surface area contributed by atoms with Gasteiger partial charge in [0.2, 0.25) is 0 Å². The zero-order chi connectivity index (χ0) is 14.8. The highest BCUT2D eigenvalue weighted by atomic mass is 35.5. The van der Waals surface area contributed by atoms with E-state index in [0.717, 1.165) is 5.56 Å². The van der Waals surface area contributed by atoms with Crippen LogP contribution in [0.4, 0.5) is 4.39 Å². The molecule has 0 spiro atoms. The van der Waals surface area contributed by atoms with Gasteiger partial charge in [-0.05, 0) is 41.8 Å². The lowest BCUT2D eigenvalue weighted by molar-refractivity contribution is 0.134. The van der Waals surface area contributed by atoms with Gasteiger partial charge in [-0.25, -0.2) is 4.39 Å². The van der Waals surface area contributed by atoms with Crippen LogP contribution < -0.4 is 5.32 Å². The van der Waals surface area contributed by atoms with Crippen molar-refractivity contribution in [3.63, 3.8) is 0 Å². The highest BCUT2D eigenvalue weighted by molar-refractivity contribution is 6.31. The lowest BCUT2D eigenvalue weighted by Gasteiger charge is -2.18. The molecule has 3 rings (SSSR count). The summed E-state index contributed by atoms with van der Waals surface area (Å²) in [5, 5.41) is 3.49. The van der Waals surface area contributed by atoms with Gasteiger partial charge in [-0.15, -0.1) is 0 Å². The molecular formula is C17H17ClFNO. The lowest BCUT2D eigenvalue weighted by atomic mass is 9.96. The number of hydrogen-bond donors (Lipinski definition) is 1. The Labute approximate surface area is 128 Å². The van der Waals surface area contributed by atoms with Gasteiger partial charge in [0.05, 0.1) is 18.2 Å². The molecule has 110 valence electrons. The molecule has 1 aliphatic heterocycles. The van der Waals surface area contributed by atoms with E-state index in [2.05, 4.69) is 23.5 Å². The number of rotatable bonds is 4. The molecule has 1 N–H and O–H groups in total. The van der Waals surface area contributed by atoms with Crippen molar-refractivity contribution in [1.82, 2.24) is 5.32 Å². The number of likely N-dealkylation sites (N-methyl/N-ethyl adjacent to an activating group) is 1. The monoisotopic (exact) mass is 305 g/mol. The van der Waals surface area contributed by atoms with Crippen molar-refractivity contribution in [3.05, 3.63) is 69.5 Å². The number of halogens is 2. The minimum atomic E-state index is -0.369. The third kappa shape index (κ3) is 2.95. The van der Waals surface area contributed by atoms with Crippen molar-refractivity contribution >= 4 is 11.6 Å². The molecule has 1 aliphatic rings. The second-order valence-corrected chi connectivity index (χ2v) is 5.66. The average molecular weight is 306 g/mol. The molecule has 4 heteroatoms. The molecular weight excluding hydrogens is 289 g/mol. The fourth-order valence-electron chi connectivity index (χ4n) is 2.72. The summed E-state index contributed by atoms with van der Waals surface area (Å²) in [6.45, 7) is 1.36. The van der Waals surface area contributed by atoms with E-state index in [4.69, 9.17) is 16.3 Å². The van der Waals surface area contributed by atoms with E-state index in [0.29, 0.717) is 19.6 Å².